The molecule has 0 radical (unpaired) electrons. The number of carboxylic acid groups (broad SMARTS) is 1. The second kappa shape index (κ2) is 7.13. The van der Waals surface area contributed by atoms with Crippen LogP contribution in [0.3, 0.4) is 0 Å². The Balaban J connectivity index is 4.25. The number of aliphatic carboxylic acids is 1. The molecule has 0 amide bonds. The van der Waals surface area contributed by atoms with E-state index in [-0.39, 0.29) is 0 Å². The van der Waals surface area contributed by atoms with E-state index < -0.39 is 5.97 Å². The Bertz CT molecular complexity index is 266. The molecule has 0 saturated carbocycles. The average Bonchev–Trinajstić information content (AvgIpc) is 2.02. The molecule has 0 unspecified atom stereocenters. The third-order valence-electron chi connectivity index (χ3n) is 1.68. The lowest BCUT2D eigenvalue weighted by molar-refractivity contribution is -0.131. The Morgan fingerprint density at radius 2 is 2.00 bits per heavy atom. The van der Waals surface area contributed by atoms with Gasteiger partial charge in [0.1, 0.15) is 0 Å². The molecule has 0 aromatic carbocycles. The van der Waals surface area contributed by atoms with Crippen LogP contribution in [0.5, 0.6) is 0 Å². The number of rotatable bonds is 5. The molecule has 0 atom stereocenters. The van der Waals surface area contributed by atoms with E-state index in [0.717, 1.165) is 18.4 Å². The van der Waals surface area contributed by atoms with Crippen molar-refractivity contribution in [1.82, 2.24) is 0 Å². The van der Waals surface area contributed by atoms with Crippen LogP contribution in [0.2, 0.25) is 0 Å². The SMILES string of the molecule is C/C=C/C(=C\C(=O)O)CCC=C(C)C. The van der Waals surface area contributed by atoms with Crippen LogP contribution in [-0.4, -0.2) is 11.1 Å². The van der Waals surface area contributed by atoms with Crippen molar-refractivity contribution in [2.75, 3.05) is 0 Å². The summed E-state index contributed by atoms with van der Waals surface area (Å²) in [6, 6.07) is 0. The van der Waals surface area contributed by atoms with Gasteiger partial charge in [-0.25, -0.2) is 4.79 Å². The summed E-state index contributed by atoms with van der Waals surface area (Å²) in [6.07, 6.45) is 8.75. The van der Waals surface area contributed by atoms with Crippen molar-refractivity contribution in [1.29, 1.82) is 0 Å². The van der Waals surface area contributed by atoms with Gasteiger partial charge in [-0.2, -0.15) is 0 Å². The van der Waals surface area contributed by atoms with Crippen LogP contribution in [0.4, 0.5) is 0 Å². The van der Waals surface area contributed by atoms with E-state index in [4.69, 9.17) is 5.11 Å². The highest BCUT2D eigenvalue weighted by Crippen LogP contribution is 2.08. The van der Waals surface area contributed by atoms with Gasteiger partial charge >= 0.3 is 5.97 Å². The van der Waals surface area contributed by atoms with E-state index in [0.29, 0.717) is 0 Å². The lowest BCUT2D eigenvalue weighted by Crippen LogP contribution is -1.90. The molecule has 0 aromatic heterocycles. The fourth-order valence-electron chi connectivity index (χ4n) is 1.10. The zero-order chi connectivity index (χ0) is 11.0. The van der Waals surface area contributed by atoms with Gasteiger partial charge in [-0.15, -0.1) is 0 Å². The van der Waals surface area contributed by atoms with Crippen molar-refractivity contribution in [2.45, 2.75) is 33.6 Å². The Kier molecular flexibility index (Phi) is 6.46. The van der Waals surface area contributed by atoms with Gasteiger partial charge in [0.25, 0.3) is 0 Å². The smallest absolute Gasteiger partial charge is 0.328 e. The molecule has 0 rings (SSSR count). The molecular weight excluding hydrogens is 176 g/mol. The van der Waals surface area contributed by atoms with Crippen molar-refractivity contribution in [3.63, 3.8) is 0 Å². The summed E-state index contributed by atoms with van der Waals surface area (Å²) >= 11 is 0. The van der Waals surface area contributed by atoms with Crippen molar-refractivity contribution in [3.8, 4) is 0 Å². The van der Waals surface area contributed by atoms with E-state index in [1.165, 1.54) is 11.6 Å². The zero-order valence-corrected chi connectivity index (χ0v) is 9.08. The molecule has 0 heterocycles. The number of hydrogen-bond acceptors (Lipinski definition) is 1. The van der Waals surface area contributed by atoms with Gasteiger partial charge < -0.3 is 5.11 Å². The topological polar surface area (TPSA) is 37.3 Å². The molecule has 2 heteroatoms. The van der Waals surface area contributed by atoms with Gasteiger partial charge in [0.05, 0.1) is 0 Å². The summed E-state index contributed by atoms with van der Waals surface area (Å²) in [5, 5.41) is 8.59. The monoisotopic (exact) mass is 194 g/mol. The molecule has 0 aliphatic heterocycles. The van der Waals surface area contributed by atoms with Gasteiger partial charge in [0.15, 0.2) is 0 Å². The van der Waals surface area contributed by atoms with Crippen LogP contribution in [0.1, 0.15) is 33.6 Å². The fourth-order valence-corrected chi connectivity index (χ4v) is 1.10. The van der Waals surface area contributed by atoms with Gasteiger partial charge in [-0.05, 0) is 39.2 Å². The molecule has 0 bridgehead atoms. The summed E-state index contributed by atoms with van der Waals surface area (Å²) in [7, 11) is 0. The predicted molar refractivity (Wildman–Crippen MR) is 59.2 cm³/mol. The molecule has 0 saturated heterocycles. The Morgan fingerprint density at radius 1 is 1.36 bits per heavy atom. The van der Waals surface area contributed by atoms with E-state index in [9.17, 15) is 4.79 Å². The highest BCUT2D eigenvalue weighted by atomic mass is 16.4. The van der Waals surface area contributed by atoms with Crippen LogP contribution < -0.4 is 0 Å². The minimum absolute atomic E-state index is 0.780. The summed E-state index contributed by atoms with van der Waals surface area (Å²) in [4.78, 5) is 10.5. The molecule has 0 aromatic rings. The Morgan fingerprint density at radius 3 is 2.43 bits per heavy atom. The highest BCUT2D eigenvalue weighted by molar-refractivity contribution is 5.81. The first-order valence-corrected chi connectivity index (χ1v) is 4.75. The van der Waals surface area contributed by atoms with Crippen LogP contribution in [0.15, 0.2) is 35.5 Å². The molecule has 1 N–H and O–H groups in total. The maximum absolute atomic E-state index is 10.5. The molecule has 0 aliphatic rings. The third kappa shape index (κ3) is 7.35. The summed E-state index contributed by atoms with van der Waals surface area (Å²) in [5.41, 5.74) is 2.12. The highest BCUT2D eigenvalue weighted by Gasteiger charge is 1.95. The number of hydrogen-bond donors (Lipinski definition) is 1. The minimum Gasteiger partial charge on any atom is -0.478 e. The van der Waals surface area contributed by atoms with Crippen LogP contribution in [0.25, 0.3) is 0 Å². The molecular formula is C12H18O2. The van der Waals surface area contributed by atoms with Gasteiger partial charge in [-0.1, -0.05) is 23.8 Å². The maximum atomic E-state index is 10.5. The molecule has 0 aliphatic carbocycles. The summed E-state index contributed by atoms with van der Waals surface area (Å²) in [6.45, 7) is 5.96. The maximum Gasteiger partial charge on any atom is 0.328 e. The minimum atomic E-state index is -0.879. The van der Waals surface area contributed by atoms with Gasteiger partial charge in [-0.3, -0.25) is 0 Å². The number of carbonyl (C=O) groups is 1. The summed E-state index contributed by atoms with van der Waals surface area (Å²) < 4.78 is 0. The Labute approximate surface area is 85.6 Å². The lowest BCUT2D eigenvalue weighted by Gasteiger charge is -1.98. The second-order valence-electron chi connectivity index (χ2n) is 3.38. The zero-order valence-electron chi connectivity index (χ0n) is 9.08. The quantitative estimate of drug-likeness (QED) is 0.414. The predicted octanol–water partition coefficient (Wildman–Crippen LogP) is 3.32. The second-order valence-corrected chi connectivity index (χ2v) is 3.38. The average molecular weight is 194 g/mol. The first-order chi connectivity index (χ1) is 6.56. The third-order valence-corrected chi connectivity index (χ3v) is 1.68. The van der Waals surface area contributed by atoms with Crippen LogP contribution in [-0.2, 0) is 4.79 Å². The van der Waals surface area contributed by atoms with Crippen molar-refractivity contribution in [3.05, 3.63) is 35.5 Å². The van der Waals surface area contributed by atoms with E-state index in [2.05, 4.69) is 6.08 Å². The molecule has 0 fully saturated rings. The summed E-state index contributed by atoms with van der Waals surface area (Å²) in [5.74, 6) is -0.879. The molecule has 78 valence electrons. The largest absolute Gasteiger partial charge is 0.478 e. The van der Waals surface area contributed by atoms with E-state index >= 15 is 0 Å². The standard InChI is InChI=1S/C12H18O2/c1-4-6-11(9-12(13)14)8-5-7-10(2)3/h4,6-7,9H,5,8H2,1-3H3,(H,13,14)/b6-4+,11-9+. The van der Waals surface area contributed by atoms with Crippen molar-refractivity contribution < 1.29 is 9.90 Å². The van der Waals surface area contributed by atoms with Crippen LogP contribution >= 0.6 is 0 Å². The van der Waals surface area contributed by atoms with E-state index in [1.807, 2.05) is 32.9 Å². The van der Waals surface area contributed by atoms with Crippen molar-refractivity contribution >= 4 is 5.97 Å². The van der Waals surface area contributed by atoms with Gasteiger partial charge in [0.2, 0.25) is 0 Å². The number of carboxylic acids is 1. The fraction of sp³-hybridized carbons (Fsp3) is 0.417. The molecule has 2 nitrogen and oxygen atoms in total. The van der Waals surface area contributed by atoms with Crippen molar-refractivity contribution in [2.24, 2.45) is 0 Å². The molecule has 0 spiro atoms. The lowest BCUT2D eigenvalue weighted by atomic mass is 10.1. The van der Waals surface area contributed by atoms with E-state index in [1.54, 1.807) is 0 Å². The van der Waals surface area contributed by atoms with Gasteiger partial charge in [0, 0.05) is 6.08 Å². The van der Waals surface area contributed by atoms with Crippen LogP contribution in [0, 0.1) is 0 Å². The normalized spacial score (nSPS) is 11.8. The Hall–Kier alpha value is -1.31. The number of allylic oxidation sites excluding steroid dienone is 5. The first-order valence-electron chi connectivity index (χ1n) is 4.75. The first kappa shape index (κ1) is 12.7. The molecule has 14 heavy (non-hydrogen) atoms.